The van der Waals surface area contributed by atoms with E-state index in [0.29, 0.717) is 16.6 Å². The molecule has 1 heterocycles. The van der Waals surface area contributed by atoms with Gasteiger partial charge in [-0.2, -0.15) is 0 Å². The molecule has 2 rings (SSSR count). The molecule has 0 saturated heterocycles. The molecule has 0 radical (unpaired) electrons. The maximum atomic E-state index is 6.98. The summed E-state index contributed by atoms with van der Waals surface area (Å²) < 4.78 is 6.98. The average molecular weight is 347 g/mol. The molecule has 4 heteroatoms. The topological polar surface area (TPSA) is 28.3 Å². The summed E-state index contributed by atoms with van der Waals surface area (Å²) in [7, 11) is 2.27. The average Bonchev–Trinajstić information content (AvgIpc) is 2.86. The van der Waals surface area contributed by atoms with Gasteiger partial charge in [0, 0.05) is 23.6 Å². The Bertz CT molecular complexity index is 652. The SMILES string of the molecule is CC(C)[Si](Oc1cccc2[nH]cc(CN(C)C)c12)(C(C)C)C(C)C. The van der Waals surface area contributed by atoms with Crippen LogP contribution in [-0.4, -0.2) is 32.3 Å². The standard InChI is InChI=1S/C20H34N2OSi/c1-14(2)24(15(3)4,16(5)6)23-19-11-9-10-18-20(19)17(12-21-18)13-22(7)8/h9-12,14-16,21H,13H2,1-8H3. The summed E-state index contributed by atoms with van der Waals surface area (Å²) in [6, 6.07) is 6.41. The molecule has 3 nitrogen and oxygen atoms in total. The Kier molecular flexibility index (Phi) is 5.81. The molecule has 0 atom stereocenters. The number of hydrogen-bond donors (Lipinski definition) is 1. The molecule has 1 N–H and O–H groups in total. The van der Waals surface area contributed by atoms with Gasteiger partial charge >= 0.3 is 0 Å². The van der Waals surface area contributed by atoms with Crippen molar-refractivity contribution in [2.45, 2.75) is 64.7 Å². The van der Waals surface area contributed by atoms with Gasteiger partial charge in [-0.05, 0) is 48.4 Å². The van der Waals surface area contributed by atoms with Crippen molar-refractivity contribution in [1.82, 2.24) is 9.88 Å². The number of aromatic nitrogens is 1. The number of H-pyrrole nitrogens is 1. The Hall–Kier alpha value is -1.26. The summed E-state index contributed by atoms with van der Waals surface area (Å²) in [5.41, 5.74) is 4.20. The molecule has 0 aliphatic rings. The lowest BCUT2D eigenvalue weighted by molar-refractivity contribution is 0.403. The highest BCUT2D eigenvalue weighted by atomic mass is 28.4. The molecular formula is C20H34N2OSi. The number of hydrogen-bond acceptors (Lipinski definition) is 2. The third-order valence-electron chi connectivity index (χ3n) is 5.23. The van der Waals surface area contributed by atoms with Crippen LogP contribution in [0, 0.1) is 0 Å². The van der Waals surface area contributed by atoms with Gasteiger partial charge in [0.1, 0.15) is 5.75 Å². The normalized spacial score (nSPS) is 13.0. The number of nitrogens with one attached hydrogen (secondary N) is 1. The van der Waals surface area contributed by atoms with Gasteiger partial charge in [0.25, 0.3) is 8.32 Å². The van der Waals surface area contributed by atoms with Crippen molar-refractivity contribution in [3.8, 4) is 5.75 Å². The van der Waals surface area contributed by atoms with Gasteiger partial charge in [-0.25, -0.2) is 0 Å². The van der Waals surface area contributed by atoms with Crippen LogP contribution in [0.4, 0.5) is 0 Å². The minimum atomic E-state index is -1.95. The maximum absolute atomic E-state index is 6.98. The molecule has 0 saturated carbocycles. The molecule has 0 bridgehead atoms. The summed E-state index contributed by atoms with van der Waals surface area (Å²) in [6.07, 6.45) is 2.13. The van der Waals surface area contributed by atoms with Crippen molar-refractivity contribution in [3.05, 3.63) is 30.0 Å². The van der Waals surface area contributed by atoms with E-state index in [0.717, 1.165) is 12.3 Å². The van der Waals surface area contributed by atoms with E-state index in [1.165, 1.54) is 16.5 Å². The van der Waals surface area contributed by atoms with Crippen LogP contribution in [0.2, 0.25) is 16.6 Å². The highest BCUT2D eigenvalue weighted by Gasteiger charge is 2.47. The van der Waals surface area contributed by atoms with Crippen LogP contribution in [-0.2, 0) is 6.54 Å². The van der Waals surface area contributed by atoms with E-state index in [1.54, 1.807) is 0 Å². The van der Waals surface area contributed by atoms with Crippen molar-refractivity contribution >= 4 is 19.2 Å². The van der Waals surface area contributed by atoms with Crippen molar-refractivity contribution in [2.24, 2.45) is 0 Å². The molecule has 134 valence electrons. The number of nitrogens with zero attached hydrogens (tertiary/aromatic N) is 1. The van der Waals surface area contributed by atoms with E-state index < -0.39 is 8.32 Å². The zero-order valence-electron chi connectivity index (χ0n) is 16.6. The second-order valence-corrected chi connectivity index (χ2v) is 13.5. The third kappa shape index (κ3) is 3.40. The Morgan fingerprint density at radius 1 is 1.00 bits per heavy atom. The molecule has 2 aromatic rings. The second-order valence-electron chi connectivity index (χ2n) is 8.15. The number of fused-ring (bicyclic) bond motifs is 1. The lowest BCUT2D eigenvalue weighted by atomic mass is 10.1. The Balaban J connectivity index is 2.56. The van der Waals surface area contributed by atoms with Gasteiger partial charge in [0.15, 0.2) is 0 Å². The molecular weight excluding hydrogens is 312 g/mol. The summed E-state index contributed by atoms with van der Waals surface area (Å²) >= 11 is 0. The third-order valence-corrected chi connectivity index (χ3v) is 11.2. The second kappa shape index (κ2) is 7.32. The maximum Gasteiger partial charge on any atom is 0.258 e. The van der Waals surface area contributed by atoms with Crippen LogP contribution in [0.3, 0.4) is 0 Å². The first-order valence-electron chi connectivity index (χ1n) is 9.12. The predicted molar refractivity (Wildman–Crippen MR) is 107 cm³/mol. The summed E-state index contributed by atoms with van der Waals surface area (Å²) in [5, 5.41) is 1.25. The van der Waals surface area contributed by atoms with Gasteiger partial charge in [0.05, 0.1) is 0 Å². The van der Waals surface area contributed by atoms with E-state index in [4.69, 9.17) is 4.43 Å². The van der Waals surface area contributed by atoms with Crippen LogP contribution in [0.5, 0.6) is 5.75 Å². The molecule has 0 spiro atoms. The molecule has 1 aromatic carbocycles. The largest absolute Gasteiger partial charge is 0.542 e. The Morgan fingerprint density at radius 2 is 1.58 bits per heavy atom. The van der Waals surface area contributed by atoms with Crippen molar-refractivity contribution in [1.29, 1.82) is 0 Å². The van der Waals surface area contributed by atoms with Crippen molar-refractivity contribution < 1.29 is 4.43 Å². The smallest absolute Gasteiger partial charge is 0.258 e. The van der Waals surface area contributed by atoms with E-state index in [1.807, 2.05) is 0 Å². The zero-order valence-corrected chi connectivity index (χ0v) is 17.6. The summed E-state index contributed by atoms with van der Waals surface area (Å²) in [5.74, 6) is 1.06. The van der Waals surface area contributed by atoms with Gasteiger partial charge in [-0.1, -0.05) is 47.6 Å². The van der Waals surface area contributed by atoms with E-state index in [-0.39, 0.29) is 0 Å². The molecule has 24 heavy (non-hydrogen) atoms. The summed E-state index contributed by atoms with van der Waals surface area (Å²) in [6.45, 7) is 14.9. The van der Waals surface area contributed by atoms with Crippen LogP contribution < -0.4 is 4.43 Å². The van der Waals surface area contributed by atoms with Gasteiger partial charge in [0.2, 0.25) is 0 Å². The van der Waals surface area contributed by atoms with Gasteiger partial charge in [-0.3, -0.25) is 0 Å². The molecule has 0 aliphatic carbocycles. The lowest BCUT2D eigenvalue weighted by Crippen LogP contribution is -2.50. The summed E-state index contributed by atoms with van der Waals surface area (Å²) in [4.78, 5) is 5.62. The monoisotopic (exact) mass is 346 g/mol. The quantitative estimate of drug-likeness (QED) is 0.643. The van der Waals surface area contributed by atoms with Gasteiger partial charge < -0.3 is 14.3 Å². The number of rotatable bonds is 7. The molecule has 1 aromatic heterocycles. The van der Waals surface area contributed by atoms with Crippen LogP contribution in [0.15, 0.2) is 24.4 Å². The predicted octanol–water partition coefficient (Wildman–Crippen LogP) is 5.78. The minimum absolute atomic E-state index is 0.573. The highest BCUT2D eigenvalue weighted by molar-refractivity contribution is 6.78. The molecule has 0 fully saturated rings. The first-order chi connectivity index (χ1) is 11.2. The molecule has 0 unspecified atom stereocenters. The Morgan fingerprint density at radius 3 is 2.08 bits per heavy atom. The van der Waals surface area contributed by atoms with Crippen LogP contribution in [0.25, 0.3) is 10.9 Å². The first-order valence-corrected chi connectivity index (χ1v) is 11.3. The van der Waals surface area contributed by atoms with Crippen LogP contribution in [0.1, 0.15) is 47.1 Å². The fourth-order valence-corrected chi connectivity index (χ4v) is 9.57. The highest BCUT2D eigenvalue weighted by Crippen LogP contribution is 2.44. The fraction of sp³-hybridized carbons (Fsp3) is 0.600. The minimum Gasteiger partial charge on any atom is -0.542 e. The van der Waals surface area contributed by atoms with E-state index in [9.17, 15) is 0 Å². The van der Waals surface area contributed by atoms with Crippen molar-refractivity contribution in [3.63, 3.8) is 0 Å². The number of benzene rings is 1. The number of aromatic amines is 1. The Labute approximate surface area is 148 Å². The zero-order chi connectivity index (χ0) is 18.1. The molecule has 0 amide bonds. The first kappa shape index (κ1) is 19.1. The van der Waals surface area contributed by atoms with E-state index in [2.05, 4.69) is 89.9 Å². The lowest BCUT2D eigenvalue weighted by Gasteiger charge is -2.42. The van der Waals surface area contributed by atoms with Crippen molar-refractivity contribution in [2.75, 3.05) is 14.1 Å². The molecule has 0 aliphatic heterocycles. The van der Waals surface area contributed by atoms with E-state index >= 15 is 0 Å². The van der Waals surface area contributed by atoms with Gasteiger partial charge in [-0.15, -0.1) is 0 Å². The fourth-order valence-electron chi connectivity index (χ4n) is 4.31. The van der Waals surface area contributed by atoms with Crippen LogP contribution >= 0.6 is 0 Å².